The number of ketones is 1. The lowest BCUT2D eigenvalue weighted by molar-refractivity contribution is -0.118. The van der Waals surface area contributed by atoms with Gasteiger partial charge in [0, 0.05) is 33.6 Å². The minimum absolute atomic E-state index is 0.000284. The Labute approximate surface area is 155 Å². The van der Waals surface area contributed by atoms with Crippen molar-refractivity contribution < 1.29 is 9.90 Å². The molecule has 0 aliphatic heterocycles. The number of nitrogens with zero attached hydrogens (tertiary/aromatic N) is 7. The Kier molecular flexibility index (Phi) is 7.51. The van der Waals surface area contributed by atoms with Crippen LogP contribution in [-0.2, 0) is 11.3 Å². The van der Waals surface area contributed by atoms with E-state index >= 15 is 0 Å². The van der Waals surface area contributed by atoms with Crippen LogP contribution in [0.1, 0.15) is 6.42 Å². The molecule has 0 fully saturated rings. The Morgan fingerprint density at radius 1 is 1.26 bits per heavy atom. The zero-order valence-corrected chi connectivity index (χ0v) is 15.2. The molecular weight excluding hydrogens is 354 g/mol. The number of carbonyl (C=O) groups is 1. The van der Waals surface area contributed by atoms with E-state index in [2.05, 4.69) is 46.2 Å². The molecule has 2 aromatic heterocycles. The van der Waals surface area contributed by atoms with E-state index in [-0.39, 0.29) is 37.8 Å². The maximum atomic E-state index is 11.3. The van der Waals surface area contributed by atoms with Crippen LogP contribution in [0.25, 0.3) is 0 Å². The number of nitrogens with two attached hydrogens (primary N) is 1. The number of hydrogen-bond donors (Lipinski definition) is 5. The summed E-state index contributed by atoms with van der Waals surface area (Å²) < 4.78 is 1.49. The van der Waals surface area contributed by atoms with E-state index in [1.165, 1.54) is 11.0 Å². The normalized spacial score (nSPS) is 11.0. The van der Waals surface area contributed by atoms with Crippen molar-refractivity contribution in [2.45, 2.75) is 13.0 Å². The Morgan fingerprint density at radius 2 is 2.04 bits per heavy atom. The van der Waals surface area contributed by atoms with Gasteiger partial charge in [0.15, 0.2) is 17.3 Å². The fourth-order valence-corrected chi connectivity index (χ4v) is 2.01. The fraction of sp³-hybridized carbons (Fsp3) is 0.500. The molecule has 6 N–H and O–H groups in total. The van der Waals surface area contributed by atoms with Gasteiger partial charge >= 0.3 is 0 Å². The molecule has 13 heteroatoms. The topological polar surface area (TPSA) is 181 Å². The average Bonchev–Trinajstić information content (AvgIpc) is 3.16. The van der Waals surface area contributed by atoms with Gasteiger partial charge in [-0.2, -0.15) is 15.0 Å². The molecule has 0 unspecified atom stereocenters. The van der Waals surface area contributed by atoms with Gasteiger partial charge in [-0.15, -0.1) is 15.3 Å². The molecule has 146 valence electrons. The van der Waals surface area contributed by atoms with E-state index in [1.54, 1.807) is 14.1 Å². The third-order valence-corrected chi connectivity index (χ3v) is 3.36. The summed E-state index contributed by atoms with van der Waals surface area (Å²) in [6, 6.07) is 0. The Hall–Kier alpha value is -3.19. The van der Waals surface area contributed by atoms with E-state index in [0.717, 1.165) is 0 Å². The van der Waals surface area contributed by atoms with Crippen LogP contribution in [0.2, 0.25) is 0 Å². The van der Waals surface area contributed by atoms with Crippen LogP contribution >= 0.6 is 0 Å². The highest BCUT2D eigenvalue weighted by Gasteiger charge is 2.13. The van der Waals surface area contributed by atoms with E-state index in [1.807, 2.05) is 0 Å². The van der Waals surface area contributed by atoms with Crippen LogP contribution in [0, 0.1) is 0 Å². The first-order chi connectivity index (χ1) is 13.1. The van der Waals surface area contributed by atoms with Crippen LogP contribution in [0.4, 0.5) is 29.2 Å². The second-order valence-corrected chi connectivity index (χ2v) is 5.24. The van der Waals surface area contributed by atoms with Gasteiger partial charge in [-0.05, 0) is 0 Å². The first-order valence-corrected chi connectivity index (χ1v) is 8.26. The Balaban J connectivity index is 2.22. The summed E-state index contributed by atoms with van der Waals surface area (Å²) >= 11 is 0. The third-order valence-electron chi connectivity index (χ3n) is 3.36. The standard InChI is InChI=1S/C14H23N11O2/c1-16-11-10(12(18-4-6-26)21-13(17-2)20-11)22-23-14-19-8-25(24-14)5-3-9(27)7-15/h8,26H,3-7,15H2,1-2H3,(H3,16,17,18,20,21)/b23-22+. The molecule has 0 aliphatic carbocycles. The number of aryl methyl sites for hydroxylation is 1. The maximum absolute atomic E-state index is 11.3. The predicted octanol–water partition coefficient (Wildman–Crippen LogP) is -0.111. The molecule has 2 heterocycles. The van der Waals surface area contributed by atoms with Gasteiger partial charge < -0.3 is 26.8 Å². The van der Waals surface area contributed by atoms with Crippen LogP contribution in [-0.4, -0.2) is 69.4 Å². The molecule has 0 aromatic carbocycles. The van der Waals surface area contributed by atoms with Crippen LogP contribution in [0.15, 0.2) is 16.6 Å². The quantitative estimate of drug-likeness (QED) is 0.331. The number of azo groups is 1. The largest absolute Gasteiger partial charge is 0.395 e. The van der Waals surface area contributed by atoms with Gasteiger partial charge in [-0.3, -0.25) is 9.48 Å². The number of aliphatic hydroxyl groups excluding tert-OH is 1. The summed E-state index contributed by atoms with van der Waals surface area (Å²) in [7, 11) is 3.38. The molecular formula is C14H23N11O2. The lowest BCUT2D eigenvalue weighted by Crippen LogP contribution is -2.15. The molecule has 0 spiro atoms. The van der Waals surface area contributed by atoms with E-state index in [0.29, 0.717) is 29.8 Å². The second-order valence-electron chi connectivity index (χ2n) is 5.24. The average molecular weight is 377 g/mol. The molecule has 2 rings (SSSR count). The molecule has 13 nitrogen and oxygen atoms in total. The van der Waals surface area contributed by atoms with Crippen molar-refractivity contribution in [1.82, 2.24) is 24.7 Å². The summed E-state index contributed by atoms with van der Waals surface area (Å²) in [6.07, 6.45) is 1.73. The van der Waals surface area contributed by atoms with E-state index < -0.39 is 0 Å². The number of carbonyl (C=O) groups excluding carboxylic acids is 1. The molecule has 2 aromatic rings. The van der Waals surface area contributed by atoms with Gasteiger partial charge in [0.05, 0.1) is 13.2 Å². The van der Waals surface area contributed by atoms with Crippen molar-refractivity contribution >= 4 is 35.0 Å². The SMILES string of the molecule is CNc1nc(NC)c(/N=N/c2ncn(CCC(=O)CN)n2)c(NCCO)n1. The zero-order chi connectivity index (χ0) is 19.6. The number of Topliss-reactive ketones (excluding diaryl/α,β-unsaturated/α-hetero) is 1. The molecule has 0 amide bonds. The van der Waals surface area contributed by atoms with Crippen LogP contribution in [0.5, 0.6) is 0 Å². The third kappa shape index (κ3) is 5.65. The number of nitrogens with one attached hydrogen (secondary N) is 3. The minimum Gasteiger partial charge on any atom is -0.395 e. The lowest BCUT2D eigenvalue weighted by atomic mass is 10.3. The summed E-state index contributed by atoms with van der Waals surface area (Å²) in [4.78, 5) is 23.8. The van der Waals surface area contributed by atoms with Gasteiger partial charge in [0.1, 0.15) is 12.1 Å². The van der Waals surface area contributed by atoms with Crippen LogP contribution in [0.3, 0.4) is 0 Å². The predicted molar refractivity (Wildman–Crippen MR) is 99.6 cm³/mol. The van der Waals surface area contributed by atoms with Crippen molar-refractivity contribution in [2.24, 2.45) is 16.0 Å². The van der Waals surface area contributed by atoms with E-state index in [9.17, 15) is 4.79 Å². The molecule has 0 bridgehead atoms. The first-order valence-electron chi connectivity index (χ1n) is 8.26. The van der Waals surface area contributed by atoms with Crippen molar-refractivity contribution in [3.05, 3.63) is 6.33 Å². The van der Waals surface area contributed by atoms with Gasteiger partial charge in [0.2, 0.25) is 5.95 Å². The number of hydrogen-bond acceptors (Lipinski definition) is 12. The molecule has 27 heavy (non-hydrogen) atoms. The zero-order valence-electron chi connectivity index (χ0n) is 15.2. The molecule has 0 aliphatic rings. The monoisotopic (exact) mass is 377 g/mol. The molecule has 0 atom stereocenters. The number of rotatable bonds is 11. The summed E-state index contributed by atoms with van der Waals surface area (Å²) in [5.41, 5.74) is 5.62. The highest BCUT2D eigenvalue weighted by Crippen LogP contribution is 2.32. The molecule has 0 saturated heterocycles. The van der Waals surface area contributed by atoms with Crippen molar-refractivity contribution in [1.29, 1.82) is 0 Å². The van der Waals surface area contributed by atoms with E-state index in [4.69, 9.17) is 10.8 Å². The number of aliphatic hydroxyl groups is 1. The highest BCUT2D eigenvalue weighted by molar-refractivity contribution is 5.80. The van der Waals surface area contributed by atoms with Crippen LogP contribution < -0.4 is 21.7 Å². The lowest BCUT2D eigenvalue weighted by Gasteiger charge is -2.11. The fourth-order valence-electron chi connectivity index (χ4n) is 2.01. The molecule has 0 radical (unpaired) electrons. The number of anilines is 3. The summed E-state index contributed by atoms with van der Waals surface area (Å²) in [5.74, 6) is 1.28. The van der Waals surface area contributed by atoms with Crippen molar-refractivity contribution in [2.75, 3.05) is 49.7 Å². The number of aromatic nitrogens is 5. The van der Waals surface area contributed by atoms with Gasteiger partial charge in [0.25, 0.3) is 5.95 Å². The summed E-state index contributed by atoms with van der Waals surface area (Å²) in [6.45, 7) is 0.579. The Bertz CT molecular complexity index is 789. The second kappa shape index (κ2) is 10.1. The first kappa shape index (κ1) is 20.1. The van der Waals surface area contributed by atoms with Gasteiger partial charge in [-0.25, -0.2) is 0 Å². The van der Waals surface area contributed by atoms with Crippen molar-refractivity contribution in [3.63, 3.8) is 0 Å². The van der Waals surface area contributed by atoms with Gasteiger partial charge in [-0.1, -0.05) is 0 Å². The highest BCUT2D eigenvalue weighted by atomic mass is 16.3. The maximum Gasteiger partial charge on any atom is 0.287 e. The molecule has 0 saturated carbocycles. The smallest absolute Gasteiger partial charge is 0.287 e. The van der Waals surface area contributed by atoms with Crippen molar-refractivity contribution in [3.8, 4) is 0 Å². The summed E-state index contributed by atoms with van der Waals surface area (Å²) in [5, 5.41) is 30.1. The minimum atomic E-state index is -0.0716. The Morgan fingerprint density at radius 3 is 2.70 bits per heavy atom.